The lowest BCUT2D eigenvalue weighted by Crippen LogP contribution is -2.40. The summed E-state index contributed by atoms with van der Waals surface area (Å²) in [5.74, 6) is 1.50. The number of pyridine rings is 1. The Kier molecular flexibility index (Phi) is 5.82. The molecule has 23 heavy (non-hydrogen) atoms. The molecule has 0 aliphatic carbocycles. The van der Waals surface area contributed by atoms with Crippen molar-refractivity contribution in [1.29, 1.82) is 0 Å². The normalized spacial score (nSPS) is 21.9. The van der Waals surface area contributed by atoms with Gasteiger partial charge in [0.15, 0.2) is 0 Å². The summed E-state index contributed by atoms with van der Waals surface area (Å²) in [5.41, 5.74) is 0.637. The molecule has 1 atom stereocenters. The van der Waals surface area contributed by atoms with Gasteiger partial charge in [-0.2, -0.15) is 0 Å². The third-order valence-electron chi connectivity index (χ3n) is 4.42. The largest absolute Gasteiger partial charge is 0.381 e. The van der Waals surface area contributed by atoms with Crippen LogP contribution in [0.15, 0.2) is 18.3 Å². The number of rotatable bonds is 5. The summed E-state index contributed by atoms with van der Waals surface area (Å²) in [4.78, 5) is 18.5. The Labute approximate surface area is 137 Å². The Morgan fingerprint density at radius 1 is 1.26 bits per heavy atom. The van der Waals surface area contributed by atoms with Gasteiger partial charge < -0.3 is 19.7 Å². The number of carbonyl (C=O) groups is 1. The van der Waals surface area contributed by atoms with Crippen LogP contribution in [0.5, 0.6) is 0 Å². The van der Waals surface area contributed by atoms with Crippen LogP contribution in [0.3, 0.4) is 0 Å². The maximum Gasteiger partial charge on any atom is 0.255 e. The van der Waals surface area contributed by atoms with Crippen LogP contribution in [-0.2, 0) is 9.47 Å². The van der Waals surface area contributed by atoms with E-state index in [1.807, 2.05) is 17.0 Å². The van der Waals surface area contributed by atoms with Crippen LogP contribution < -0.4 is 5.32 Å². The van der Waals surface area contributed by atoms with Crippen LogP contribution in [0.2, 0.25) is 0 Å². The van der Waals surface area contributed by atoms with Gasteiger partial charge in [-0.15, -0.1) is 0 Å². The maximum atomic E-state index is 12.3. The molecule has 126 valence electrons. The summed E-state index contributed by atoms with van der Waals surface area (Å²) in [6, 6.07) is 3.72. The van der Waals surface area contributed by atoms with Crippen LogP contribution in [0, 0.1) is 5.92 Å². The van der Waals surface area contributed by atoms with Gasteiger partial charge in [0.25, 0.3) is 5.91 Å². The summed E-state index contributed by atoms with van der Waals surface area (Å²) < 4.78 is 10.8. The summed E-state index contributed by atoms with van der Waals surface area (Å²) in [6.45, 7) is 5.21. The molecule has 0 saturated carbocycles. The first-order valence-corrected chi connectivity index (χ1v) is 8.47. The zero-order chi connectivity index (χ0) is 15.9. The molecule has 6 nitrogen and oxygen atoms in total. The van der Waals surface area contributed by atoms with Crippen molar-refractivity contribution in [2.24, 2.45) is 5.92 Å². The predicted octanol–water partition coefficient (Wildman–Crippen LogP) is 1.78. The number of anilines is 1. The molecule has 1 N–H and O–H groups in total. The smallest absolute Gasteiger partial charge is 0.255 e. The Hall–Kier alpha value is -1.66. The topological polar surface area (TPSA) is 63.7 Å². The van der Waals surface area contributed by atoms with Crippen molar-refractivity contribution in [2.45, 2.75) is 19.3 Å². The quantitative estimate of drug-likeness (QED) is 0.896. The highest BCUT2D eigenvalue weighted by Crippen LogP contribution is 2.17. The molecule has 2 aliphatic rings. The Morgan fingerprint density at radius 3 is 2.83 bits per heavy atom. The molecule has 1 aromatic heterocycles. The molecule has 3 heterocycles. The zero-order valence-electron chi connectivity index (χ0n) is 13.5. The molecule has 0 aromatic carbocycles. The highest BCUT2D eigenvalue weighted by atomic mass is 16.5. The van der Waals surface area contributed by atoms with Crippen LogP contribution >= 0.6 is 0 Å². The van der Waals surface area contributed by atoms with E-state index in [1.54, 1.807) is 6.20 Å². The number of amides is 1. The number of nitrogens with zero attached hydrogens (tertiary/aromatic N) is 2. The van der Waals surface area contributed by atoms with Crippen molar-refractivity contribution in [1.82, 2.24) is 9.88 Å². The molecule has 0 radical (unpaired) electrons. The number of nitrogens with one attached hydrogen (secondary N) is 1. The van der Waals surface area contributed by atoms with E-state index in [4.69, 9.17) is 9.47 Å². The second-order valence-corrected chi connectivity index (χ2v) is 6.14. The minimum absolute atomic E-state index is 0.0340. The number of morpholine rings is 1. The molecule has 1 aromatic rings. The fourth-order valence-electron chi connectivity index (χ4n) is 3.01. The summed E-state index contributed by atoms with van der Waals surface area (Å²) in [7, 11) is 0. The lowest BCUT2D eigenvalue weighted by molar-refractivity contribution is 0.0302. The highest BCUT2D eigenvalue weighted by molar-refractivity contribution is 5.94. The van der Waals surface area contributed by atoms with Gasteiger partial charge in [0.05, 0.1) is 18.8 Å². The fraction of sp³-hybridized carbons (Fsp3) is 0.647. The van der Waals surface area contributed by atoms with Crippen molar-refractivity contribution in [3.63, 3.8) is 0 Å². The fourth-order valence-corrected chi connectivity index (χ4v) is 3.01. The molecule has 0 bridgehead atoms. The zero-order valence-corrected chi connectivity index (χ0v) is 13.5. The van der Waals surface area contributed by atoms with Crippen molar-refractivity contribution >= 4 is 11.7 Å². The van der Waals surface area contributed by atoms with Crippen LogP contribution in [0.25, 0.3) is 0 Å². The third kappa shape index (κ3) is 4.65. The van der Waals surface area contributed by atoms with Gasteiger partial charge in [-0.25, -0.2) is 4.98 Å². The average molecular weight is 319 g/mol. The minimum atomic E-state index is 0.0340. The number of aromatic nitrogens is 1. The van der Waals surface area contributed by atoms with Crippen molar-refractivity contribution in [3.05, 3.63) is 23.9 Å². The Bertz CT molecular complexity index is 494. The van der Waals surface area contributed by atoms with E-state index in [9.17, 15) is 4.79 Å². The Balaban J connectivity index is 1.45. The lowest BCUT2D eigenvalue weighted by Gasteiger charge is -2.26. The first kappa shape index (κ1) is 16.2. The molecule has 3 rings (SSSR count). The number of ether oxygens (including phenoxy) is 2. The van der Waals surface area contributed by atoms with Crippen LogP contribution in [0.4, 0.5) is 5.82 Å². The average Bonchev–Trinajstić information content (AvgIpc) is 2.63. The van der Waals surface area contributed by atoms with E-state index >= 15 is 0 Å². The molecule has 2 saturated heterocycles. The first-order chi connectivity index (χ1) is 11.3. The summed E-state index contributed by atoms with van der Waals surface area (Å²) in [5, 5.41) is 3.33. The van der Waals surface area contributed by atoms with E-state index in [1.165, 1.54) is 12.8 Å². The molecule has 1 amide bonds. The molecule has 2 aliphatic heterocycles. The van der Waals surface area contributed by atoms with Gasteiger partial charge in [0, 0.05) is 39.0 Å². The van der Waals surface area contributed by atoms with Gasteiger partial charge in [-0.05, 0) is 37.3 Å². The van der Waals surface area contributed by atoms with Gasteiger partial charge >= 0.3 is 0 Å². The van der Waals surface area contributed by atoms with Crippen molar-refractivity contribution in [3.8, 4) is 0 Å². The van der Waals surface area contributed by atoms with E-state index in [0.717, 1.165) is 32.0 Å². The van der Waals surface area contributed by atoms with Crippen LogP contribution in [0.1, 0.15) is 29.6 Å². The first-order valence-electron chi connectivity index (χ1n) is 8.47. The molecule has 0 unspecified atom stereocenters. The monoisotopic (exact) mass is 319 g/mol. The van der Waals surface area contributed by atoms with Gasteiger partial charge in [-0.3, -0.25) is 4.79 Å². The summed E-state index contributed by atoms with van der Waals surface area (Å²) in [6.07, 6.45) is 5.17. The van der Waals surface area contributed by atoms with Crippen molar-refractivity contribution < 1.29 is 14.3 Å². The second-order valence-electron chi connectivity index (χ2n) is 6.14. The number of carbonyl (C=O) groups excluding carboxylic acids is 1. The van der Waals surface area contributed by atoms with E-state index < -0.39 is 0 Å². The maximum absolute atomic E-state index is 12.3. The highest BCUT2D eigenvalue weighted by Gasteiger charge is 2.18. The molecule has 2 fully saturated rings. The van der Waals surface area contributed by atoms with E-state index in [2.05, 4.69) is 10.3 Å². The van der Waals surface area contributed by atoms with Crippen LogP contribution in [-0.4, -0.2) is 61.9 Å². The lowest BCUT2D eigenvalue weighted by atomic mass is 9.99. The minimum Gasteiger partial charge on any atom is -0.381 e. The van der Waals surface area contributed by atoms with E-state index in [0.29, 0.717) is 37.8 Å². The summed E-state index contributed by atoms with van der Waals surface area (Å²) >= 11 is 0. The third-order valence-corrected chi connectivity index (χ3v) is 4.42. The molecule has 0 spiro atoms. The van der Waals surface area contributed by atoms with Gasteiger partial charge in [0.1, 0.15) is 5.82 Å². The molecular formula is C17H25N3O3. The molecular weight excluding hydrogens is 294 g/mol. The predicted molar refractivity (Wildman–Crippen MR) is 87.6 cm³/mol. The standard InChI is InChI=1S/C17H25N3O3/c21-17(20-7-10-22-11-8-20)15-3-4-16(19-12-15)18-6-5-14-2-1-9-23-13-14/h3-4,12,14H,1-2,5-11,13H2,(H,18,19)/t14-/m0/s1. The number of hydrogen-bond donors (Lipinski definition) is 1. The van der Waals surface area contributed by atoms with Crippen molar-refractivity contribution in [2.75, 3.05) is 51.4 Å². The SMILES string of the molecule is O=C(c1ccc(NCC[C@@H]2CCCOC2)nc1)N1CCOCC1. The molecule has 6 heteroatoms. The second kappa shape index (κ2) is 8.26. The van der Waals surface area contributed by atoms with Gasteiger partial charge in [0.2, 0.25) is 0 Å². The van der Waals surface area contributed by atoms with E-state index in [-0.39, 0.29) is 5.91 Å². The number of hydrogen-bond acceptors (Lipinski definition) is 5. The Morgan fingerprint density at radius 2 is 2.13 bits per heavy atom. The van der Waals surface area contributed by atoms with Gasteiger partial charge in [-0.1, -0.05) is 0 Å².